The van der Waals surface area contributed by atoms with Gasteiger partial charge in [-0.1, -0.05) is 17.3 Å². The Morgan fingerprint density at radius 1 is 1.22 bits per heavy atom. The molecule has 0 bridgehead atoms. The van der Waals surface area contributed by atoms with Crippen molar-refractivity contribution in [3.8, 4) is 17.1 Å². The summed E-state index contributed by atoms with van der Waals surface area (Å²) in [5.41, 5.74) is 0.716. The van der Waals surface area contributed by atoms with Gasteiger partial charge in [0.2, 0.25) is 15.8 Å². The average Bonchev–Trinajstić information content (AvgIpc) is 3.32. The van der Waals surface area contributed by atoms with Gasteiger partial charge in [0.15, 0.2) is 6.61 Å². The Labute approximate surface area is 185 Å². The first-order valence-corrected chi connectivity index (χ1v) is 11.4. The molecule has 0 saturated carbocycles. The van der Waals surface area contributed by atoms with E-state index in [1.54, 1.807) is 25.3 Å². The molecule has 0 spiro atoms. The number of benzene rings is 1. The van der Waals surface area contributed by atoms with Gasteiger partial charge in [0.25, 0.3) is 5.89 Å². The first kappa shape index (κ1) is 21.9. The minimum absolute atomic E-state index is 0.143. The third-order valence-corrected chi connectivity index (χ3v) is 7.08. The van der Waals surface area contributed by atoms with E-state index in [4.69, 9.17) is 14.0 Å². The van der Waals surface area contributed by atoms with E-state index in [1.807, 2.05) is 12.1 Å². The van der Waals surface area contributed by atoms with Crippen LogP contribution >= 0.6 is 0 Å². The van der Waals surface area contributed by atoms with Gasteiger partial charge in [-0.25, -0.2) is 8.42 Å². The number of rotatable bonds is 7. The topological polar surface area (TPSA) is 125 Å². The minimum Gasteiger partial charge on any atom is -0.497 e. The lowest BCUT2D eigenvalue weighted by Gasteiger charge is -2.29. The summed E-state index contributed by atoms with van der Waals surface area (Å²) in [5, 5.41) is 3.91. The second-order valence-electron chi connectivity index (χ2n) is 7.22. The van der Waals surface area contributed by atoms with Gasteiger partial charge in [0, 0.05) is 31.0 Å². The van der Waals surface area contributed by atoms with Crippen LogP contribution < -0.4 is 4.74 Å². The predicted octanol–water partition coefficient (Wildman–Crippen LogP) is 2.28. The van der Waals surface area contributed by atoms with Gasteiger partial charge in [0.1, 0.15) is 10.6 Å². The fraction of sp³-hybridized carbons (Fsp3) is 0.333. The SMILES string of the molecule is COc1cccc(-c2noc(COC(=O)C3CCN(S(=O)(=O)c4cccnc4)CC3)n2)c1. The Balaban J connectivity index is 1.30. The number of hydrogen-bond donors (Lipinski definition) is 0. The molecule has 1 aliphatic rings. The maximum atomic E-state index is 12.7. The Morgan fingerprint density at radius 2 is 2.03 bits per heavy atom. The zero-order valence-electron chi connectivity index (χ0n) is 17.4. The number of sulfonamides is 1. The number of pyridine rings is 1. The molecule has 10 nitrogen and oxygen atoms in total. The van der Waals surface area contributed by atoms with Crippen molar-refractivity contribution in [2.75, 3.05) is 20.2 Å². The van der Waals surface area contributed by atoms with E-state index in [0.29, 0.717) is 30.0 Å². The molecule has 3 aromatic rings. The Hall–Kier alpha value is -3.31. The maximum Gasteiger partial charge on any atom is 0.309 e. The molecule has 0 N–H and O–H groups in total. The number of carbonyl (C=O) groups excluding carboxylic acids is 1. The average molecular weight is 458 g/mol. The number of esters is 1. The minimum atomic E-state index is -3.62. The van der Waals surface area contributed by atoms with Crippen LogP contribution in [0, 0.1) is 5.92 Å². The van der Waals surface area contributed by atoms with Crippen molar-refractivity contribution in [1.29, 1.82) is 0 Å². The fourth-order valence-corrected chi connectivity index (χ4v) is 4.86. The molecule has 1 fully saturated rings. The van der Waals surface area contributed by atoms with Crippen LogP contribution in [0.15, 0.2) is 58.2 Å². The van der Waals surface area contributed by atoms with Crippen LogP contribution in [0.2, 0.25) is 0 Å². The summed E-state index contributed by atoms with van der Waals surface area (Å²) in [6.07, 6.45) is 3.58. The lowest BCUT2D eigenvalue weighted by Crippen LogP contribution is -2.40. The summed E-state index contributed by atoms with van der Waals surface area (Å²) >= 11 is 0. The monoisotopic (exact) mass is 458 g/mol. The Bertz CT molecular complexity index is 1170. The number of hydrogen-bond acceptors (Lipinski definition) is 9. The lowest BCUT2D eigenvalue weighted by molar-refractivity contribution is -0.152. The summed E-state index contributed by atoms with van der Waals surface area (Å²) in [6, 6.07) is 10.3. The van der Waals surface area contributed by atoms with Crippen LogP contribution in [0.5, 0.6) is 5.75 Å². The Kier molecular flexibility index (Phi) is 6.47. The highest BCUT2D eigenvalue weighted by Gasteiger charge is 2.33. The van der Waals surface area contributed by atoms with Crippen molar-refractivity contribution in [1.82, 2.24) is 19.4 Å². The number of aromatic nitrogens is 3. The number of methoxy groups -OCH3 is 1. The van der Waals surface area contributed by atoms with E-state index in [0.717, 1.165) is 0 Å². The van der Waals surface area contributed by atoms with E-state index in [2.05, 4.69) is 15.1 Å². The van der Waals surface area contributed by atoms with Crippen molar-refractivity contribution >= 4 is 16.0 Å². The van der Waals surface area contributed by atoms with E-state index in [9.17, 15) is 13.2 Å². The first-order chi connectivity index (χ1) is 15.5. The molecule has 3 heterocycles. The molecule has 1 saturated heterocycles. The van der Waals surface area contributed by atoms with Crippen molar-refractivity contribution in [3.05, 3.63) is 54.7 Å². The smallest absolute Gasteiger partial charge is 0.309 e. The highest BCUT2D eigenvalue weighted by atomic mass is 32.2. The molecule has 0 radical (unpaired) electrons. The van der Waals surface area contributed by atoms with E-state index < -0.39 is 21.9 Å². The molecule has 1 aromatic carbocycles. The van der Waals surface area contributed by atoms with E-state index >= 15 is 0 Å². The van der Waals surface area contributed by atoms with Crippen LogP contribution in [0.4, 0.5) is 0 Å². The molecular weight excluding hydrogens is 436 g/mol. The van der Waals surface area contributed by atoms with Gasteiger partial charge in [0.05, 0.1) is 13.0 Å². The summed E-state index contributed by atoms with van der Waals surface area (Å²) in [5.74, 6) is 0.398. The molecule has 2 aromatic heterocycles. The van der Waals surface area contributed by atoms with Gasteiger partial charge >= 0.3 is 5.97 Å². The second kappa shape index (κ2) is 9.45. The van der Waals surface area contributed by atoms with Gasteiger partial charge in [-0.15, -0.1) is 0 Å². The van der Waals surface area contributed by atoms with Crippen molar-refractivity contribution in [2.24, 2.45) is 5.92 Å². The summed E-state index contributed by atoms with van der Waals surface area (Å²) in [4.78, 5) is 20.7. The third kappa shape index (κ3) is 4.78. The van der Waals surface area contributed by atoms with E-state index in [1.165, 1.54) is 22.8 Å². The number of piperidine rings is 1. The molecular formula is C21H22N4O6S. The van der Waals surface area contributed by atoms with Crippen molar-refractivity contribution in [2.45, 2.75) is 24.3 Å². The fourth-order valence-electron chi connectivity index (χ4n) is 3.42. The van der Waals surface area contributed by atoms with Crippen LogP contribution in [-0.4, -0.2) is 54.0 Å². The molecule has 11 heteroatoms. The molecule has 0 unspecified atom stereocenters. The Morgan fingerprint density at radius 3 is 2.75 bits per heavy atom. The normalized spacial score (nSPS) is 15.4. The maximum absolute atomic E-state index is 12.7. The number of nitrogens with zero attached hydrogens (tertiary/aromatic N) is 4. The quantitative estimate of drug-likeness (QED) is 0.490. The van der Waals surface area contributed by atoms with Gasteiger partial charge in [-0.2, -0.15) is 9.29 Å². The highest BCUT2D eigenvalue weighted by Crippen LogP contribution is 2.25. The standard InChI is InChI=1S/C21H22N4O6S/c1-29-17-5-2-4-16(12-17)20-23-19(31-24-20)14-30-21(26)15-7-10-25(11-8-15)32(27,28)18-6-3-9-22-13-18/h2-6,9,12-13,15H,7-8,10-11,14H2,1H3. The largest absolute Gasteiger partial charge is 0.497 e. The summed E-state index contributed by atoms with van der Waals surface area (Å²) in [6.45, 7) is 0.319. The zero-order valence-corrected chi connectivity index (χ0v) is 18.2. The van der Waals surface area contributed by atoms with Crippen molar-refractivity contribution in [3.63, 3.8) is 0 Å². The van der Waals surface area contributed by atoms with Crippen LogP contribution in [0.1, 0.15) is 18.7 Å². The first-order valence-electron chi connectivity index (χ1n) is 10.0. The van der Waals surface area contributed by atoms with Crippen LogP contribution in [0.25, 0.3) is 11.4 Å². The third-order valence-electron chi connectivity index (χ3n) is 5.19. The molecule has 32 heavy (non-hydrogen) atoms. The molecule has 0 amide bonds. The highest BCUT2D eigenvalue weighted by molar-refractivity contribution is 7.89. The lowest BCUT2D eigenvalue weighted by atomic mass is 9.98. The summed E-state index contributed by atoms with van der Waals surface area (Å²) < 4.78 is 42.4. The van der Waals surface area contributed by atoms with Gasteiger partial charge < -0.3 is 14.0 Å². The van der Waals surface area contributed by atoms with Gasteiger partial charge in [-0.3, -0.25) is 9.78 Å². The number of carbonyl (C=O) groups is 1. The van der Waals surface area contributed by atoms with Crippen LogP contribution in [-0.2, 0) is 26.2 Å². The van der Waals surface area contributed by atoms with Crippen LogP contribution in [0.3, 0.4) is 0 Å². The molecule has 0 aliphatic carbocycles. The number of ether oxygens (including phenoxy) is 2. The molecule has 0 atom stereocenters. The molecule has 1 aliphatic heterocycles. The summed E-state index contributed by atoms with van der Waals surface area (Å²) in [7, 11) is -2.05. The second-order valence-corrected chi connectivity index (χ2v) is 9.16. The predicted molar refractivity (Wildman–Crippen MR) is 112 cm³/mol. The zero-order chi connectivity index (χ0) is 22.6. The molecule has 168 valence electrons. The van der Waals surface area contributed by atoms with Gasteiger partial charge in [-0.05, 0) is 37.1 Å². The molecule has 4 rings (SSSR count). The van der Waals surface area contributed by atoms with Crippen molar-refractivity contribution < 1.29 is 27.2 Å². The van der Waals surface area contributed by atoms with E-state index in [-0.39, 0.29) is 30.5 Å².